The standard InChI is InChI=1S/C21H21NO/c23-21(19-12-5-2-6-13-19)22-20-14-8-7-11-18(20)16-15-17-9-3-1-4-10-17/h1,3-4,7-11,14,19H,2,5-6,12-13H2,(H,22,23). The molecular formula is C21H21NO. The first-order valence-corrected chi connectivity index (χ1v) is 8.30. The van der Waals surface area contributed by atoms with Gasteiger partial charge >= 0.3 is 0 Å². The Kier molecular flexibility index (Phi) is 5.11. The molecule has 3 rings (SSSR count). The Labute approximate surface area is 137 Å². The van der Waals surface area contributed by atoms with Gasteiger partial charge in [0.1, 0.15) is 0 Å². The van der Waals surface area contributed by atoms with Gasteiger partial charge < -0.3 is 5.32 Å². The van der Waals surface area contributed by atoms with Crippen LogP contribution in [0.1, 0.15) is 43.2 Å². The average Bonchev–Trinajstić information content (AvgIpc) is 2.62. The van der Waals surface area contributed by atoms with Crippen molar-refractivity contribution in [2.45, 2.75) is 32.1 Å². The molecule has 0 aromatic heterocycles. The van der Waals surface area contributed by atoms with E-state index in [9.17, 15) is 4.79 Å². The Morgan fingerprint density at radius 3 is 2.35 bits per heavy atom. The van der Waals surface area contributed by atoms with E-state index in [1.165, 1.54) is 6.42 Å². The summed E-state index contributed by atoms with van der Waals surface area (Å²) in [6, 6.07) is 17.6. The van der Waals surface area contributed by atoms with Crippen LogP contribution in [-0.4, -0.2) is 5.91 Å². The topological polar surface area (TPSA) is 29.1 Å². The lowest BCUT2D eigenvalue weighted by Crippen LogP contribution is -2.25. The highest BCUT2D eigenvalue weighted by atomic mass is 16.1. The van der Waals surface area contributed by atoms with Crippen LogP contribution >= 0.6 is 0 Å². The van der Waals surface area contributed by atoms with Gasteiger partial charge in [0.05, 0.1) is 5.69 Å². The second-order valence-corrected chi connectivity index (χ2v) is 5.99. The summed E-state index contributed by atoms with van der Waals surface area (Å²) in [5, 5.41) is 3.08. The van der Waals surface area contributed by atoms with Crippen LogP contribution in [0.4, 0.5) is 5.69 Å². The monoisotopic (exact) mass is 303 g/mol. The third kappa shape index (κ3) is 4.23. The molecule has 0 radical (unpaired) electrons. The van der Waals surface area contributed by atoms with Gasteiger partial charge in [-0.15, -0.1) is 0 Å². The summed E-state index contributed by atoms with van der Waals surface area (Å²) >= 11 is 0. The fraction of sp³-hybridized carbons (Fsp3) is 0.286. The summed E-state index contributed by atoms with van der Waals surface area (Å²) in [5.74, 6) is 6.62. The summed E-state index contributed by atoms with van der Waals surface area (Å²) < 4.78 is 0. The summed E-state index contributed by atoms with van der Waals surface area (Å²) in [7, 11) is 0. The van der Waals surface area contributed by atoms with E-state index < -0.39 is 0 Å². The first-order valence-electron chi connectivity index (χ1n) is 8.30. The molecular weight excluding hydrogens is 282 g/mol. The zero-order valence-electron chi connectivity index (χ0n) is 13.2. The van der Waals surface area contributed by atoms with Crippen LogP contribution in [0.2, 0.25) is 0 Å². The number of rotatable bonds is 2. The minimum absolute atomic E-state index is 0.138. The van der Waals surface area contributed by atoms with E-state index in [-0.39, 0.29) is 11.8 Å². The molecule has 0 unspecified atom stereocenters. The van der Waals surface area contributed by atoms with Crippen LogP contribution < -0.4 is 5.32 Å². The van der Waals surface area contributed by atoms with Crippen molar-refractivity contribution < 1.29 is 4.79 Å². The molecule has 1 fully saturated rings. The van der Waals surface area contributed by atoms with Crippen molar-refractivity contribution in [2.24, 2.45) is 5.92 Å². The highest BCUT2D eigenvalue weighted by Gasteiger charge is 2.21. The van der Waals surface area contributed by atoms with Crippen molar-refractivity contribution in [3.63, 3.8) is 0 Å². The van der Waals surface area contributed by atoms with E-state index in [0.29, 0.717) is 0 Å². The van der Waals surface area contributed by atoms with Crippen LogP contribution in [0.15, 0.2) is 54.6 Å². The van der Waals surface area contributed by atoms with Gasteiger partial charge in [0, 0.05) is 17.0 Å². The van der Waals surface area contributed by atoms with Gasteiger partial charge in [-0.05, 0) is 37.1 Å². The Bertz CT molecular complexity index is 718. The Morgan fingerprint density at radius 1 is 0.870 bits per heavy atom. The predicted molar refractivity (Wildman–Crippen MR) is 94.1 cm³/mol. The van der Waals surface area contributed by atoms with E-state index in [0.717, 1.165) is 42.5 Å². The molecule has 0 heterocycles. The highest BCUT2D eigenvalue weighted by molar-refractivity contribution is 5.93. The Hall–Kier alpha value is -2.53. The molecule has 0 aliphatic heterocycles. The maximum Gasteiger partial charge on any atom is 0.227 e. The maximum atomic E-state index is 12.4. The molecule has 1 aliphatic rings. The van der Waals surface area contributed by atoms with E-state index in [2.05, 4.69) is 17.2 Å². The molecule has 1 aliphatic carbocycles. The minimum atomic E-state index is 0.138. The smallest absolute Gasteiger partial charge is 0.227 e. The van der Waals surface area contributed by atoms with Crippen molar-refractivity contribution in [1.82, 2.24) is 0 Å². The van der Waals surface area contributed by atoms with Gasteiger partial charge in [0.2, 0.25) is 5.91 Å². The first-order chi connectivity index (χ1) is 11.3. The zero-order chi connectivity index (χ0) is 15.9. The van der Waals surface area contributed by atoms with Gasteiger partial charge in [-0.25, -0.2) is 0 Å². The SMILES string of the molecule is O=C(Nc1ccccc1C#Cc1ccccc1)C1CCCCC1. The largest absolute Gasteiger partial charge is 0.325 e. The first kappa shape index (κ1) is 15.4. The number of benzene rings is 2. The minimum Gasteiger partial charge on any atom is -0.325 e. The molecule has 1 N–H and O–H groups in total. The number of para-hydroxylation sites is 1. The highest BCUT2D eigenvalue weighted by Crippen LogP contribution is 2.25. The summed E-state index contributed by atoms with van der Waals surface area (Å²) in [6.45, 7) is 0. The molecule has 1 saturated carbocycles. The van der Waals surface area contributed by atoms with Gasteiger partial charge in [-0.2, -0.15) is 0 Å². The van der Waals surface area contributed by atoms with Crippen LogP contribution in [0.5, 0.6) is 0 Å². The number of hydrogen-bond donors (Lipinski definition) is 1. The van der Waals surface area contributed by atoms with E-state index >= 15 is 0 Å². The van der Waals surface area contributed by atoms with Crippen molar-refractivity contribution in [2.75, 3.05) is 5.32 Å². The molecule has 2 nitrogen and oxygen atoms in total. The molecule has 2 aromatic carbocycles. The quantitative estimate of drug-likeness (QED) is 0.807. The third-order valence-electron chi connectivity index (χ3n) is 4.28. The van der Waals surface area contributed by atoms with Crippen molar-refractivity contribution in [3.8, 4) is 11.8 Å². The second kappa shape index (κ2) is 7.65. The average molecular weight is 303 g/mol. The van der Waals surface area contributed by atoms with Gasteiger partial charge in [-0.1, -0.05) is 61.4 Å². The number of carbonyl (C=O) groups excluding carboxylic acids is 1. The molecule has 0 atom stereocenters. The molecule has 2 aromatic rings. The van der Waals surface area contributed by atoms with Gasteiger partial charge in [0.25, 0.3) is 0 Å². The Morgan fingerprint density at radius 2 is 1.57 bits per heavy atom. The lowest BCUT2D eigenvalue weighted by Gasteiger charge is -2.21. The third-order valence-corrected chi connectivity index (χ3v) is 4.28. The van der Waals surface area contributed by atoms with Crippen LogP contribution in [0, 0.1) is 17.8 Å². The lowest BCUT2D eigenvalue weighted by molar-refractivity contribution is -0.120. The van der Waals surface area contributed by atoms with Crippen LogP contribution in [-0.2, 0) is 4.79 Å². The predicted octanol–water partition coefficient (Wildman–Crippen LogP) is 4.61. The Balaban J connectivity index is 1.75. The summed E-state index contributed by atoms with van der Waals surface area (Å²) in [6.07, 6.45) is 5.58. The fourth-order valence-corrected chi connectivity index (χ4v) is 2.96. The van der Waals surface area contributed by atoms with Gasteiger partial charge in [0.15, 0.2) is 0 Å². The number of anilines is 1. The molecule has 0 saturated heterocycles. The molecule has 116 valence electrons. The van der Waals surface area contributed by atoms with Crippen LogP contribution in [0.3, 0.4) is 0 Å². The number of hydrogen-bond acceptors (Lipinski definition) is 1. The van der Waals surface area contributed by atoms with Crippen molar-refractivity contribution in [1.29, 1.82) is 0 Å². The van der Waals surface area contributed by atoms with E-state index in [4.69, 9.17) is 0 Å². The normalized spacial score (nSPS) is 14.6. The number of nitrogens with one attached hydrogen (secondary N) is 1. The number of amides is 1. The fourth-order valence-electron chi connectivity index (χ4n) is 2.96. The molecule has 2 heteroatoms. The molecule has 0 spiro atoms. The zero-order valence-corrected chi connectivity index (χ0v) is 13.2. The maximum absolute atomic E-state index is 12.4. The van der Waals surface area contributed by atoms with Crippen LogP contribution in [0.25, 0.3) is 0 Å². The van der Waals surface area contributed by atoms with E-state index in [1.54, 1.807) is 0 Å². The van der Waals surface area contributed by atoms with Crippen molar-refractivity contribution in [3.05, 3.63) is 65.7 Å². The molecule has 23 heavy (non-hydrogen) atoms. The number of carbonyl (C=O) groups is 1. The van der Waals surface area contributed by atoms with E-state index in [1.807, 2.05) is 54.6 Å². The lowest BCUT2D eigenvalue weighted by atomic mass is 9.88. The second-order valence-electron chi connectivity index (χ2n) is 5.99. The molecule has 1 amide bonds. The summed E-state index contributed by atoms with van der Waals surface area (Å²) in [4.78, 5) is 12.4. The van der Waals surface area contributed by atoms with Gasteiger partial charge in [-0.3, -0.25) is 4.79 Å². The summed E-state index contributed by atoms with van der Waals surface area (Å²) in [5.41, 5.74) is 2.65. The van der Waals surface area contributed by atoms with Crippen molar-refractivity contribution >= 4 is 11.6 Å². The molecule has 0 bridgehead atoms.